The number of benzene rings is 1. The van der Waals surface area contributed by atoms with Crippen molar-refractivity contribution in [2.45, 2.75) is 6.92 Å². The van der Waals surface area contributed by atoms with Gasteiger partial charge in [0.05, 0.1) is 30.5 Å². The molecule has 0 amide bonds. The molecule has 0 radical (unpaired) electrons. The van der Waals surface area contributed by atoms with Gasteiger partial charge in [0.1, 0.15) is 0 Å². The summed E-state index contributed by atoms with van der Waals surface area (Å²) in [4.78, 5) is 13.9. The molecule has 2 rings (SSSR count). The number of morpholine rings is 1. The molecule has 1 N–H and O–H groups in total. The highest BCUT2D eigenvalue weighted by Gasteiger charge is 2.23. The van der Waals surface area contributed by atoms with Crippen molar-refractivity contribution in [1.82, 2.24) is 4.90 Å². The van der Waals surface area contributed by atoms with Crippen LogP contribution in [0, 0.1) is 0 Å². The van der Waals surface area contributed by atoms with Gasteiger partial charge in [0.15, 0.2) is 0 Å². The van der Waals surface area contributed by atoms with Gasteiger partial charge in [-0.2, -0.15) is 0 Å². The van der Waals surface area contributed by atoms with Gasteiger partial charge in [0.2, 0.25) is 5.84 Å². The zero-order valence-electron chi connectivity index (χ0n) is 11.8. The predicted molar refractivity (Wildman–Crippen MR) is 81.5 cm³/mol. The van der Waals surface area contributed by atoms with Crippen molar-refractivity contribution >= 4 is 29.1 Å². The minimum Gasteiger partial charge on any atom is -0.460 e. The maximum absolute atomic E-state index is 12.0. The summed E-state index contributed by atoms with van der Waals surface area (Å²) in [5.41, 5.74) is 3.46. The first-order valence-electron chi connectivity index (χ1n) is 6.80. The molecular formula is C14H18ClN3O3. The van der Waals surface area contributed by atoms with Crippen molar-refractivity contribution in [2.24, 2.45) is 5.10 Å². The Morgan fingerprint density at radius 2 is 2.14 bits per heavy atom. The molecule has 1 saturated heterocycles. The second kappa shape index (κ2) is 7.85. The van der Waals surface area contributed by atoms with Gasteiger partial charge in [-0.25, -0.2) is 4.79 Å². The number of halogens is 1. The van der Waals surface area contributed by atoms with Crippen LogP contribution in [0.2, 0.25) is 5.02 Å². The molecule has 0 spiro atoms. The Kier molecular flexibility index (Phi) is 5.83. The maximum Gasteiger partial charge on any atom is 0.375 e. The van der Waals surface area contributed by atoms with Gasteiger partial charge in [-0.05, 0) is 19.1 Å². The monoisotopic (exact) mass is 311 g/mol. The van der Waals surface area contributed by atoms with E-state index in [4.69, 9.17) is 21.1 Å². The number of esters is 1. The lowest BCUT2D eigenvalue weighted by atomic mass is 10.3. The first kappa shape index (κ1) is 15.6. The molecule has 0 unspecified atom stereocenters. The van der Waals surface area contributed by atoms with E-state index in [2.05, 4.69) is 10.5 Å². The van der Waals surface area contributed by atoms with Crippen LogP contribution in [0.1, 0.15) is 6.92 Å². The number of anilines is 1. The number of hydrazone groups is 1. The van der Waals surface area contributed by atoms with Crippen LogP contribution in [0.3, 0.4) is 0 Å². The van der Waals surface area contributed by atoms with Crippen molar-refractivity contribution in [1.29, 1.82) is 0 Å². The van der Waals surface area contributed by atoms with Crippen molar-refractivity contribution in [3.8, 4) is 0 Å². The molecule has 114 valence electrons. The normalized spacial score (nSPS) is 15.7. The zero-order chi connectivity index (χ0) is 15.1. The van der Waals surface area contributed by atoms with Crippen LogP contribution in [-0.2, 0) is 14.3 Å². The van der Waals surface area contributed by atoms with Crippen LogP contribution in [0.4, 0.5) is 5.69 Å². The number of ether oxygens (including phenoxy) is 2. The third kappa shape index (κ3) is 4.34. The van der Waals surface area contributed by atoms with Gasteiger partial charge in [-0.3, -0.25) is 5.43 Å². The van der Waals surface area contributed by atoms with Gasteiger partial charge >= 0.3 is 5.97 Å². The Labute approximate surface area is 128 Å². The summed E-state index contributed by atoms with van der Waals surface area (Å²) in [7, 11) is 0. The van der Waals surface area contributed by atoms with E-state index in [1.54, 1.807) is 19.1 Å². The topological polar surface area (TPSA) is 63.2 Å². The molecule has 6 nitrogen and oxygen atoms in total. The van der Waals surface area contributed by atoms with E-state index in [1.807, 2.05) is 17.0 Å². The Bertz CT molecular complexity index is 516. The van der Waals surface area contributed by atoms with Crippen LogP contribution in [0.25, 0.3) is 0 Å². The lowest BCUT2D eigenvalue weighted by molar-refractivity contribution is -0.136. The Morgan fingerprint density at radius 1 is 1.43 bits per heavy atom. The molecule has 1 aromatic rings. The number of carbonyl (C=O) groups excluding carboxylic acids is 1. The predicted octanol–water partition coefficient (Wildman–Crippen LogP) is 1.96. The summed E-state index contributed by atoms with van der Waals surface area (Å²) in [6, 6.07) is 7.19. The van der Waals surface area contributed by atoms with Crippen molar-refractivity contribution in [2.75, 3.05) is 38.3 Å². The highest BCUT2D eigenvalue weighted by atomic mass is 35.5. The summed E-state index contributed by atoms with van der Waals surface area (Å²) < 4.78 is 10.3. The van der Waals surface area contributed by atoms with E-state index in [0.717, 1.165) is 0 Å². The van der Waals surface area contributed by atoms with Crippen LogP contribution in [0.15, 0.2) is 29.4 Å². The van der Waals surface area contributed by atoms with Gasteiger partial charge in [0, 0.05) is 13.1 Å². The Balaban J connectivity index is 2.15. The van der Waals surface area contributed by atoms with Gasteiger partial charge in [-0.1, -0.05) is 23.7 Å². The number of rotatable bonds is 3. The fourth-order valence-corrected chi connectivity index (χ4v) is 2.06. The van der Waals surface area contributed by atoms with Crippen LogP contribution < -0.4 is 5.43 Å². The molecule has 1 aromatic carbocycles. The van der Waals surface area contributed by atoms with Crippen LogP contribution >= 0.6 is 11.6 Å². The van der Waals surface area contributed by atoms with Gasteiger partial charge in [-0.15, -0.1) is 5.10 Å². The van der Waals surface area contributed by atoms with E-state index in [9.17, 15) is 4.79 Å². The van der Waals surface area contributed by atoms with Gasteiger partial charge < -0.3 is 14.4 Å². The molecule has 21 heavy (non-hydrogen) atoms. The van der Waals surface area contributed by atoms with E-state index in [1.165, 1.54) is 0 Å². The minimum atomic E-state index is -0.459. The zero-order valence-corrected chi connectivity index (χ0v) is 12.6. The maximum atomic E-state index is 12.0. The molecule has 0 aromatic heterocycles. The summed E-state index contributed by atoms with van der Waals surface area (Å²) in [5, 5.41) is 4.71. The average molecular weight is 312 g/mol. The quantitative estimate of drug-likeness (QED) is 0.400. The van der Waals surface area contributed by atoms with E-state index >= 15 is 0 Å². The number of amidine groups is 1. The molecule has 0 saturated carbocycles. The molecule has 1 fully saturated rings. The number of hydrogen-bond acceptors (Lipinski definition) is 5. The standard InChI is InChI=1S/C14H18ClN3O3/c1-2-21-14(19)13(18-7-9-20-10-8-18)17-16-12-6-4-3-5-11(12)15/h3-6,16H,2,7-10H2,1H3/b17-13+. The van der Waals surface area contributed by atoms with Crippen molar-refractivity contribution in [3.63, 3.8) is 0 Å². The first-order chi connectivity index (χ1) is 10.2. The fraction of sp³-hybridized carbons (Fsp3) is 0.429. The SMILES string of the molecule is CCOC(=O)/C(=N\Nc1ccccc1Cl)N1CCOCC1. The Morgan fingerprint density at radius 3 is 2.81 bits per heavy atom. The number of para-hydroxylation sites is 1. The summed E-state index contributed by atoms with van der Waals surface area (Å²) in [6.07, 6.45) is 0. The summed E-state index contributed by atoms with van der Waals surface area (Å²) >= 11 is 6.05. The Hall–Kier alpha value is -1.79. The molecule has 1 heterocycles. The van der Waals surface area contributed by atoms with Crippen molar-refractivity contribution in [3.05, 3.63) is 29.3 Å². The summed E-state index contributed by atoms with van der Waals surface area (Å²) in [6.45, 7) is 4.38. The third-order valence-electron chi connectivity index (χ3n) is 2.92. The second-order valence-electron chi connectivity index (χ2n) is 4.35. The van der Waals surface area contributed by atoms with Crippen molar-refractivity contribution < 1.29 is 14.3 Å². The lowest BCUT2D eigenvalue weighted by Gasteiger charge is -2.28. The molecule has 0 bridgehead atoms. The number of nitrogens with one attached hydrogen (secondary N) is 1. The second-order valence-corrected chi connectivity index (χ2v) is 4.75. The highest BCUT2D eigenvalue weighted by molar-refractivity contribution is 6.35. The molecular weight excluding hydrogens is 294 g/mol. The third-order valence-corrected chi connectivity index (χ3v) is 3.25. The average Bonchev–Trinajstić information content (AvgIpc) is 2.50. The molecule has 0 aliphatic carbocycles. The van der Waals surface area contributed by atoms with Crippen LogP contribution in [0.5, 0.6) is 0 Å². The summed E-state index contributed by atoms with van der Waals surface area (Å²) in [5.74, 6) is -0.223. The van der Waals surface area contributed by atoms with E-state index < -0.39 is 5.97 Å². The van der Waals surface area contributed by atoms with Gasteiger partial charge in [0.25, 0.3) is 0 Å². The number of hydrogen-bond donors (Lipinski definition) is 1. The number of carbonyl (C=O) groups is 1. The lowest BCUT2D eigenvalue weighted by Crippen LogP contribution is -2.45. The largest absolute Gasteiger partial charge is 0.460 e. The first-order valence-corrected chi connectivity index (χ1v) is 7.18. The molecule has 1 aliphatic rings. The van der Waals surface area contributed by atoms with E-state index in [0.29, 0.717) is 43.6 Å². The smallest absolute Gasteiger partial charge is 0.375 e. The molecule has 1 aliphatic heterocycles. The number of nitrogens with zero attached hydrogens (tertiary/aromatic N) is 2. The molecule has 7 heteroatoms. The highest BCUT2D eigenvalue weighted by Crippen LogP contribution is 2.20. The van der Waals surface area contributed by atoms with Crippen LogP contribution in [-0.4, -0.2) is 49.6 Å². The molecule has 0 atom stereocenters. The minimum absolute atomic E-state index is 0.236. The van der Waals surface area contributed by atoms with E-state index in [-0.39, 0.29) is 5.84 Å². The fourth-order valence-electron chi connectivity index (χ4n) is 1.88.